The molecule has 0 amide bonds. The number of cyclic esters (lactones) is 1. The number of carboxylic acids is 2. The highest BCUT2D eigenvalue weighted by Gasteiger charge is 2.56. The second kappa shape index (κ2) is 7.28. The van der Waals surface area contributed by atoms with Crippen molar-refractivity contribution in [3.63, 3.8) is 0 Å². The molecule has 140 valence electrons. The Labute approximate surface area is 142 Å². The summed E-state index contributed by atoms with van der Waals surface area (Å²) in [6, 6.07) is 0. The van der Waals surface area contributed by atoms with E-state index in [1.54, 1.807) is 0 Å². The Morgan fingerprint density at radius 3 is 2.40 bits per heavy atom. The first kappa shape index (κ1) is 19.0. The van der Waals surface area contributed by atoms with Crippen molar-refractivity contribution in [3.05, 3.63) is 11.5 Å². The zero-order valence-electron chi connectivity index (χ0n) is 13.3. The van der Waals surface area contributed by atoms with Crippen LogP contribution in [0.15, 0.2) is 11.5 Å². The molecule has 2 rings (SSSR count). The Morgan fingerprint density at radius 1 is 1.28 bits per heavy atom. The van der Waals surface area contributed by atoms with Crippen molar-refractivity contribution in [2.45, 2.75) is 37.9 Å². The summed E-state index contributed by atoms with van der Waals surface area (Å²) in [5.41, 5.74) is -1.71. The van der Waals surface area contributed by atoms with E-state index in [1.165, 1.54) is 0 Å². The summed E-state index contributed by atoms with van der Waals surface area (Å²) >= 11 is 0. The highest BCUT2D eigenvalue weighted by Crippen LogP contribution is 2.48. The maximum Gasteiger partial charge on any atom is 0.378 e. The zero-order chi connectivity index (χ0) is 18.8. The Balaban J connectivity index is 1.79. The van der Waals surface area contributed by atoms with Gasteiger partial charge in [0.25, 0.3) is 0 Å². The molecule has 1 aliphatic heterocycles. The SMILES string of the molecule is O=C1O[C@H]([C@@H](O)CO)C(OCCCC2CC(C(=O)O)(C(=O)O)C2)=C1O. The molecular weight excluding hydrogens is 340 g/mol. The van der Waals surface area contributed by atoms with Gasteiger partial charge in [0.05, 0.1) is 13.2 Å². The molecule has 0 aromatic heterocycles. The molecule has 1 fully saturated rings. The molecule has 1 heterocycles. The lowest BCUT2D eigenvalue weighted by molar-refractivity contribution is -0.176. The van der Waals surface area contributed by atoms with Crippen molar-refractivity contribution < 1.29 is 49.4 Å². The van der Waals surface area contributed by atoms with Gasteiger partial charge in [0, 0.05) is 0 Å². The lowest BCUT2D eigenvalue weighted by Crippen LogP contribution is -2.49. The number of aliphatic hydroxyl groups is 3. The van der Waals surface area contributed by atoms with E-state index in [9.17, 15) is 24.6 Å². The minimum Gasteiger partial charge on any atom is -0.499 e. The van der Waals surface area contributed by atoms with Crippen LogP contribution in [-0.2, 0) is 23.9 Å². The number of rotatable bonds is 9. The number of hydrogen-bond acceptors (Lipinski definition) is 8. The first-order valence-corrected chi connectivity index (χ1v) is 7.75. The molecule has 1 saturated carbocycles. The summed E-state index contributed by atoms with van der Waals surface area (Å²) in [6.45, 7) is -0.638. The van der Waals surface area contributed by atoms with Crippen LogP contribution in [0.1, 0.15) is 25.7 Å². The predicted molar refractivity (Wildman–Crippen MR) is 78.2 cm³/mol. The number of aliphatic hydroxyl groups excluding tert-OH is 3. The van der Waals surface area contributed by atoms with E-state index in [1.807, 2.05) is 0 Å². The van der Waals surface area contributed by atoms with Crippen LogP contribution in [-0.4, -0.2) is 68.9 Å². The molecular formula is C15H20O10. The minimum atomic E-state index is -1.71. The van der Waals surface area contributed by atoms with Crippen LogP contribution < -0.4 is 0 Å². The van der Waals surface area contributed by atoms with Gasteiger partial charge in [-0.3, -0.25) is 9.59 Å². The van der Waals surface area contributed by atoms with E-state index in [0.29, 0.717) is 12.8 Å². The Hall–Kier alpha value is -2.33. The highest BCUT2D eigenvalue weighted by molar-refractivity contribution is 5.99. The van der Waals surface area contributed by atoms with Crippen LogP contribution in [0.2, 0.25) is 0 Å². The monoisotopic (exact) mass is 360 g/mol. The van der Waals surface area contributed by atoms with E-state index in [2.05, 4.69) is 0 Å². The molecule has 2 atom stereocenters. The fourth-order valence-corrected chi connectivity index (χ4v) is 3.08. The maximum absolute atomic E-state index is 11.3. The van der Waals surface area contributed by atoms with Crippen molar-refractivity contribution in [3.8, 4) is 0 Å². The third kappa shape index (κ3) is 3.54. The summed E-state index contributed by atoms with van der Waals surface area (Å²) in [4.78, 5) is 33.4. The summed E-state index contributed by atoms with van der Waals surface area (Å²) in [6.07, 6.45) is -1.70. The Bertz CT molecular complexity index is 573. The molecule has 0 aromatic carbocycles. The molecule has 0 radical (unpaired) electrons. The summed E-state index contributed by atoms with van der Waals surface area (Å²) in [7, 11) is 0. The van der Waals surface area contributed by atoms with Crippen LogP contribution in [0.4, 0.5) is 0 Å². The lowest BCUT2D eigenvalue weighted by Gasteiger charge is -2.41. The van der Waals surface area contributed by atoms with E-state index < -0.39 is 47.9 Å². The van der Waals surface area contributed by atoms with Crippen molar-refractivity contribution in [1.29, 1.82) is 0 Å². The van der Waals surface area contributed by atoms with Gasteiger partial charge in [-0.2, -0.15) is 0 Å². The first-order valence-electron chi connectivity index (χ1n) is 7.75. The Morgan fingerprint density at radius 2 is 1.88 bits per heavy atom. The molecule has 10 nitrogen and oxygen atoms in total. The van der Waals surface area contributed by atoms with Gasteiger partial charge in [-0.05, 0) is 31.6 Å². The summed E-state index contributed by atoms with van der Waals surface area (Å²) in [5.74, 6) is -4.84. The third-order valence-electron chi connectivity index (χ3n) is 4.56. The molecule has 0 unspecified atom stereocenters. The minimum absolute atomic E-state index is 0.0407. The average molecular weight is 360 g/mol. The normalized spacial score (nSPS) is 23.8. The quantitative estimate of drug-likeness (QED) is 0.203. The number of aliphatic carboxylic acids is 2. The second-order valence-electron chi connectivity index (χ2n) is 6.25. The third-order valence-corrected chi connectivity index (χ3v) is 4.56. The van der Waals surface area contributed by atoms with Crippen LogP contribution >= 0.6 is 0 Å². The van der Waals surface area contributed by atoms with E-state index in [4.69, 9.17) is 24.8 Å². The fraction of sp³-hybridized carbons (Fsp3) is 0.667. The van der Waals surface area contributed by atoms with Crippen molar-refractivity contribution in [2.75, 3.05) is 13.2 Å². The number of carbonyl (C=O) groups is 3. The molecule has 0 bridgehead atoms. The van der Waals surface area contributed by atoms with Crippen molar-refractivity contribution in [1.82, 2.24) is 0 Å². The molecule has 2 aliphatic rings. The molecule has 1 aliphatic carbocycles. The number of carbonyl (C=O) groups excluding carboxylic acids is 1. The van der Waals surface area contributed by atoms with Gasteiger partial charge < -0.3 is 35.0 Å². The van der Waals surface area contributed by atoms with Crippen LogP contribution in [0.3, 0.4) is 0 Å². The second-order valence-corrected chi connectivity index (χ2v) is 6.25. The van der Waals surface area contributed by atoms with Gasteiger partial charge in [-0.15, -0.1) is 0 Å². The van der Waals surface area contributed by atoms with E-state index in [-0.39, 0.29) is 31.1 Å². The highest BCUT2D eigenvalue weighted by atomic mass is 16.6. The maximum atomic E-state index is 11.3. The largest absolute Gasteiger partial charge is 0.499 e. The lowest BCUT2D eigenvalue weighted by atomic mass is 9.60. The summed E-state index contributed by atoms with van der Waals surface area (Å²) in [5, 5.41) is 46.1. The molecule has 5 N–H and O–H groups in total. The number of esters is 1. The van der Waals surface area contributed by atoms with E-state index in [0.717, 1.165) is 0 Å². The fourth-order valence-electron chi connectivity index (χ4n) is 3.08. The molecule has 25 heavy (non-hydrogen) atoms. The van der Waals surface area contributed by atoms with Gasteiger partial charge in [0.2, 0.25) is 5.76 Å². The van der Waals surface area contributed by atoms with Gasteiger partial charge in [0.1, 0.15) is 6.10 Å². The van der Waals surface area contributed by atoms with Gasteiger partial charge >= 0.3 is 17.9 Å². The zero-order valence-corrected chi connectivity index (χ0v) is 13.3. The topological polar surface area (TPSA) is 171 Å². The van der Waals surface area contributed by atoms with E-state index >= 15 is 0 Å². The molecule has 0 aromatic rings. The Kier molecular flexibility index (Phi) is 5.53. The smallest absolute Gasteiger partial charge is 0.378 e. The van der Waals surface area contributed by atoms with Crippen LogP contribution in [0.5, 0.6) is 0 Å². The standard InChI is InChI=1S/C15H20O10/c16-6-8(17)10-11(9(18)12(19)25-10)24-3-1-2-7-4-15(5-7,13(20)21)14(22)23/h7-8,10,16-18H,1-6H2,(H,20,21)(H,22,23)/t8-,10+/m0/s1. The molecule has 0 saturated heterocycles. The van der Waals surface area contributed by atoms with Gasteiger partial charge in [0.15, 0.2) is 17.3 Å². The average Bonchev–Trinajstić information content (AvgIpc) is 2.79. The van der Waals surface area contributed by atoms with Gasteiger partial charge in [-0.1, -0.05) is 0 Å². The van der Waals surface area contributed by atoms with Crippen molar-refractivity contribution >= 4 is 17.9 Å². The summed E-state index contributed by atoms with van der Waals surface area (Å²) < 4.78 is 9.97. The number of carboxylic acid groups (broad SMARTS) is 2. The van der Waals surface area contributed by atoms with Crippen LogP contribution in [0, 0.1) is 11.3 Å². The van der Waals surface area contributed by atoms with Gasteiger partial charge in [-0.25, -0.2) is 4.79 Å². The molecule has 0 spiro atoms. The first-order chi connectivity index (χ1) is 11.7. The molecule has 10 heteroatoms. The van der Waals surface area contributed by atoms with Crippen molar-refractivity contribution in [2.24, 2.45) is 11.3 Å². The number of ether oxygens (including phenoxy) is 2. The number of hydrogen-bond donors (Lipinski definition) is 5. The van der Waals surface area contributed by atoms with Crippen LogP contribution in [0.25, 0.3) is 0 Å². The predicted octanol–water partition coefficient (Wildman–Crippen LogP) is -0.603.